The fraction of sp³-hybridized carbons (Fsp3) is 1.00. The average molecular weight is 278 g/mol. The van der Waals surface area contributed by atoms with E-state index in [0.29, 0.717) is 13.2 Å². The van der Waals surface area contributed by atoms with Gasteiger partial charge >= 0.3 is 0 Å². The van der Waals surface area contributed by atoms with Crippen molar-refractivity contribution < 1.29 is 18.2 Å². The zero-order valence-electron chi connectivity index (χ0n) is 11.7. The van der Waals surface area contributed by atoms with Gasteiger partial charge < -0.3 is 9.84 Å². The summed E-state index contributed by atoms with van der Waals surface area (Å²) in [6, 6.07) is 0. The lowest BCUT2D eigenvalue weighted by Crippen LogP contribution is -2.25. The van der Waals surface area contributed by atoms with Crippen molar-refractivity contribution in [3.8, 4) is 0 Å². The van der Waals surface area contributed by atoms with Crippen LogP contribution >= 0.6 is 0 Å². The van der Waals surface area contributed by atoms with E-state index >= 15 is 0 Å². The first-order chi connectivity index (χ1) is 8.40. The Bertz CT molecular complexity index is 269. The highest BCUT2D eigenvalue weighted by Gasteiger charge is 2.49. The van der Waals surface area contributed by atoms with Gasteiger partial charge in [0.05, 0.1) is 18.0 Å². The Kier molecular flexibility index (Phi) is 6.24. The third-order valence-corrected chi connectivity index (χ3v) is 4.78. The molecule has 18 heavy (non-hydrogen) atoms. The molecule has 1 fully saturated rings. The second kappa shape index (κ2) is 6.98. The molecule has 1 atom stereocenters. The van der Waals surface area contributed by atoms with Crippen molar-refractivity contribution in [3.63, 3.8) is 0 Å². The first kappa shape index (κ1) is 16.1. The zero-order valence-corrected chi connectivity index (χ0v) is 12.6. The van der Waals surface area contributed by atoms with Gasteiger partial charge in [0.25, 0.3) is 0 Å². The first-order valence-electron chi connectivity index (χ1n) is 6.81. The maximum Gasteiger partial charge on any atom is 0.161 e. The molecular formula is C13H26O4S. The Morgan fingerprint density at radius 2 is 1.94 bits per heavy atom. The molecule has 0 heterocycles. The van der Waals surface area contributed by atoms with Crippen LogP contribution in [0.5, 0.6) is 0 Å². The third-order valence-electron chi connectivity index (χ3n) is 3.08. The van der Waals surface area contributed by atoms with Crippen molar-refractivity contribution in [1.82, 2.24) is 0 Å². The number of rotatable bonds is 10. The van der Waals surface area contributed by atoms with Gasteiger partial charge in [0.15, 0.2) is 16.9 Å². The molecule has 1 unspecified atom stereocenters. The topological polar surface area (TPSA) is 55.8 Å². The second-order valence-corrected chi connectivity index (χ2v) is 7.06. The SMILES string of the molecule is CCCCOS(=O)C1(CCCOC(C)(C)O)CC1. The average Bonchev–Trinajstić information content (AvgIpc) is 3.05. The Morgan fingerprint density at radius 1 is 1.28 bits per heavy atom. The summed E-state index contributed by atoms with van der Waals surface area (Å²) in [6.45, 7) is 6.41. The predicted octanol–water partition coefficient (Wildman–Crippen LogP) is 2.52. The Labute approximate surface area is 113 Å². The molecule has 0 saturated heterocycles. The fourth-order valence-corrected chi connectivity index (χ4v) is 3.03. The van der Waals surface area contributed by atoms with Crippen LogP contribution in [0.2, 0.25) is 0 Å². The normalized spacial score (nSPS) is 19.8. The summed E-state index contributed by atoms with van der Waals surface area (Å²) in [4.78, 5) is 0. The molecule has 5 heteroatoms. The molecule has 0 radical (unpaired) electrons. The lowest BCUT2D eigenvalue weighted by molar-refractivity contribution is -0.176. The molecule has 1 rings (SSSR count). The van der Waals surface area contributed by atoms with Crippen molar-refractivity contribution >= 4 is 11.1 Å². The highest BCUT2D eigenvalue weighted by molar-refractivity contribution is 7.82. The Balaban J connectivity index is 2.18. The number of hydrogen-bond donors (Lipinski definition) is 1. The summed E-state index contributed by atoms with van der Waals surface area (Å²) in [5, 5.41) is 9.41. The molecule has 1 aliphatic rings. The molecular weight excluding hydrogens is 252 g/mol. The van der Waals surface area contributed by atoms with Crippen LogP contribution in [0.4, 0.5) is 0 Å². The van der Waals surface area contributed by atoms with Gasteiger partial charge in [-0.3, -0.25) is 4.18 Å². The minimum atomic E-state index is -1.16. The van der Waals surface area contributed by atoms with Crippen LogP contribution in [-0.2, 0) is 20.0 Å². The number of hydrogen-bond acceptors (Lipinski definition) is 4. The van der Waals surface area contributed by atoms with Crippen LogP contribution in [0.25, 0.3) is 0 Å². The molecule has 1 aliphatic carbocycles. The van der Waals surface area contributed by atoms with Crippen molar-refractivity contribution in [2.24, 2.45) is 0 Å². The summed E-state index contributed by atoms with van der Waals surface area (Å²) >= 11 is -1.16. The lowest BCUT2D eigenvalue weighted by Gasteiger charge is -2.19. The molecule has 4 nitrogen and oxygen atoms in total. The van der Waals surface area contributed by atoms with Gasteiger partial charge in [-0.05, 0) is 46.0 Å². The summed E-state index contributed by atoms with van der Waals surface area (Å²) in [6.07, 6.45) is 5.64. The summed E-state index contributed by atoms with van der Waals surface area (Å²) in [5.74, 6) is -1.08. The van der Waals surface area contributed by atoms with Crippen molar-refractivity contribution in [2.45, 2.75) is 69.8 Å². The molecule has 1 saturated carbocycles. The van der Waals surface area contributed by atoms with Crippen LogP contribution in [0, 0.1) is 0 Å². The van der Waals surface area contributed by atoms with Crippen LogP contribution in [0.15, 0.2) is 0 Å². The van der Waals surface area contributed by atoms with Crippen LogP contribution < -0.4 is 0 Å². The van der Waals surface area contributed by atoms with Crippen LogP contribution in [0.1, 0.15) is 59.3 Å². The maximum absolute atomic E-state index is 12.0. The van der Waals surface area contributed by atoms with Crippen molar-refractivity contribution in [1.29, 1.82) is 0 Å². The number of unbranched alkanes of at least 4 members (excludes halogenated alkanes) is 1. The lowest BCUT2D eigenvalue weighted by atomic mass is 10.2. The van der Waals surface area contributed by atoms with Gasteiger partial charge in [0.1, 0.15) is 0 Å². The zero-order chi connectivity index (χ0) is 13.6. The fourth-order valence-electron chi connectivity index (χ4n) is 1.76. The molecule has 0 aromatic rings. The summed E-state index contributed by atoms with van der Waals surface area (Å²) in [7, 11) is 0. The van der Waals surface area contributed by atoms with E-state index in [2.05, 4.69) is 6.92 Å². The Hall–Kier alpha value is 0.0300. The van der Waals surface area contributed by atoms with E-state index in [9.17, 15) is 9.32 Å². The highest BCUT2D eigenvalue weighted by atomic mass is 32.2. The molecule has 0 bridgehead atoms. The Morgan fingerprint density at radius 3 is 2.44 bits per heavy atom. The standard InChI is InChI=1S/C13H26O4S/c1-4-5-11-17-18(15)13(8-9-13)7-6-10-16-12(2,3)14/h14H,4-11H2,1-3H3. The molecule has 0 aromatic carbocycles. The van der Waals surface area contributed by atoms with Crippen LogP contribution in [-0.4, -0.2) is 33.1 Å². The van der Waals surface area contributed by atoms with E-state index in [4.69, 9.17) is 8.92 Å². The summed E-state index contributed by atoms with van der Waals surface area (Å²) in [5.41, 5.74) is 0. The third kappa shape index (κ3) is 5.78. The second-order valence-electron chi connectivity index (χ2n) is 5.49. The smallest absolute Gasteiger partial charge is 0.161 e. The van der Waals surface area contributed by atoms with Gasteiger partial charge in [0.2, 0.25) is 0 Å². The molecule has 108 valence electrons. The highest BCUT2D eigenvalue weighted by Crippen LogP contribution is 2.46. The van der Waals surface area contributed by atoms with Crippen LogP contribution in [0.3, 0.4) is 0 Å². The predicted molar refractivity (Wildman–Crippen MR) is 72.5 cm³/mol. The van der Waals surface area contributed by atoms with Gasteiger partial charge in [-0.15, -0.1) is 0 Å². The van der Waals surface area contributed by atoms with E-state index in [-0.39, 0.29) is 4.75 Å². The van der Waals surface area contributed by atoms with Gasteiger partial charge in [-0.25, -0.2) is 4.21 Å². The van der Waals surface area contributed by atoms with Gasteiger partial charge in [-0.1, -0.05) is 13.3 Å². The minimum Gasteiger partial charge on any atom is -0.366 e. The largest absolute Gasteiger partial charge is 0.366 e. The molecule has 0 spiro atoms. The minimum absolute atomic E-state index is 0.128. The number of ether oxygens (including phenoxy) is 1. The molecule has 0 aromatic heterocycles. The van der Waals surface area contributed by atoms with E-state index in [1.54, 1.807) is 13.8 Å². The van der Waals surface area contributed by atoms with Gasteiger partial charge in [0, 0.05) is 0 Å². The molecule has 1 N–H and O–H groups in total. The van der Waals surface area contributed by atoms with E-state index in [0.717, 1.165) is 38.5 Å². The molecule has 0 aliphatic heterocycles. The summed E-state index contributed by atoms with van der Waals surface area (Å²) < 4.78 is 22.5. The van der Waals surface area contributed by atoms with E-state index < -0.39 is 16.9 Å². The van der Waals surface area contributed by atoms with Crippen molar-refractivity contribution in [2.75, 3.05) is 13.2 Å². The monoisotopic (exact) mass is 278 g/mol. The van der Waals surface area contributed by atoms with Gasteiger partial charge in [-0.2, -0.15) is 0 Å². The maximum atomic E-state index is 12.0. The number of aliphatic hydroxyl groups is 1. The van der Waals surface area contributed by atoms with E-state index in [1.807, 2.05) is 0 Å². The quantitative estimate of drug-likeness (QED) is 0.493. The first-order valence-corrected chi connectivity index (χ1v) is 7.89. The molecule has 0 amide bonds. The van der Waals surface area contributed by atoms with Crippen molar-refractivity contribution in [3.05, 3.63) is 0 Å². The van der Waals surface area contributed by atoms with E-state index in [1.165, 1.54) is 0 Å².